The van der Waals surface area contributed by atoms with Crippen molar-refractivity contribution in [3.8, 4) is 5.75 Å². The lowest BCUT2D eigenvalue weighted by atomic mass is 10.1. The fourth-order valence-electron chi connectivity index (χ4n) is 2.80. The molecule has 0 radical (unpaired) electrons. The first kappa shape index (κ1) is 20.1. The molecule has 0 fully saturated rings. The van der Waals surface area contributed by atoms with Crippen molar-refractivity contribution in [1.82, 2.24) is 15.6 Å². The van der Waals surface area contributed by atoms with Crippen LogP contribution in [0, 0.1) is 0 Å². The summed E-state index contributed by atoms with van der Waals surface area (Å²) in [4.78, 5) is 29.2. The average Bonchev–Trinajstić information content (AvgIpc) is 2.78. The minimum absolute atomic E-state index is 0.168. The van der Waals surface area contributed by atoms with Crippen LogP contribution in [0.15, 0.2) is 72.8 Å². The van der Waals surface area contributed by atoms with E-state index in [0.29, 0.717) is 6.54 Å². The first-order valence-electron chi connectivity index (χ1n) is 9.31. The summed E-state index contributed by atoms with van der Waals surface area (Å²) in [5.41, 5.74) is 2.32. The smallest absolute Gasteiger partial charge is 0.270 e. The standard InChI is InChI=1S/C23H23N3O3/c1-16(18-7-4-3-5-8-18)25-23(28)21-10-6-9-20(26-21)22(27)24-15-17-11-13-19(29-2)14-12-17/h3-14,16H,15H2,1-2H3,(H,24,27)(H,25,28). The molecule has 3 aromatic rings. The Morgan fingerprint density at radius 3 is 2.21 bits per heavy atom. The first-order valence-corrected chi connectivity index (χ1v) is 9.31. The van der Waals surface area contributed by atoms with Crippen LogP contribution in [0.3, 0.4) is 0 Å². The first-order chi connectivity index (χ1) is 14.1. The van der Waals surface area contributed by atoms with Gasteiger partial charge in [-0.2, -0.15) is 0 Å². The molecular weight excluding hydrogens is 366 g/mol. The Labute approximate surface area is 169 Å². The van der Waals surface area contributed by atoms with Crippen LogP contribution < -0.4 is 15.4 Å². The van der Waals surface area contributed by atoms with Gasteiger partial charge in [0.15, 0.2) is 0 Å². The molecule has 2 N–H and O–H groups in total. The molecule has 6 nitrogen and oxygen atoms in total. The molecule has 0 saturated carbocycles. The Morgan fingerprint density at radius 1 is 0.897 bits per heavy atom. The maximum atomic E-state index is 12.5. The van der Waals surface area contributed by atoms with Crippen LogP contribution in [0.25, 0.3) is 0 Å². The normalized spacial score (nSPS) is 11.4. The van der Waals surface area contributed by atoms with E-state index in [2.05, 4.69) is 15.6 Å². The highest BCUT2D eigenvalue weighted by Crippen LogP contribution is 2.13. The highest BCUT2D eigenvalue weighted by Gasteiger charge is 2.15. The number of ether oxygens (including phenoxy) is 1. The maximum Gasteiger partial charge on any atom is 0.270 e. The second-order valence-corrected chi connectivity index (χ2v) is 6.54. The third kappa shape index (κ3) is 5.42. The van der Waals surface area contributed by atoms with E-state index in [1.807, 2.05) is 61.5 Å². The van der Waals surface area contributed by atoms with Crippen molar-refractivity contribution in [1.29, 1.82) is 0 Å². The van der Waals surface area contributed by atoms with Gasteiger partial charge in [-0.05, 0) is 42.3 Å². The highest BCUT2D eigenvalue weighted by molar-refractivity contribution is 5.96. The zero-order chi connectivity index (χ0) is 20.6. The van der Waals surface area contributed by atoms with Crippen molar-refractivity contribution in [3.63, 3.8) is 0 Å². The van der Waals surface area contributed by atoms with Crippen molar-refractivity contribution in [2.24, 2.45) is 0 Å². The molecule has 1 heterocycles. The number of carbonyl (C=O) groups excluding carboxylic acids is 2. The molecule has 1 unspecified atom stereocenters. The summed E-state index contributed by atoms with van der Waals surface area (Å²) in [7, 11) is 1.60. The molecule has 2 aromatic carbocycles. The number of pyridine rings is 1. The molecule has 148 valence electrons. The molecule has 29 heavy (non-hydrogen) atoms. The second kappa shape index (κ2) is 9.50. The van der Waals surface area contributed by atoms with Gasteiger partial charge in [0.2, 0.25) is 0 Å². The molecule has 3 rings (SSSR count). The van der Waals surface area contributed by atoms with E-state index < -0.39 is 0 Å². The fourth-order valence-corrected chi connectivity index (χ4v) is 2.80. The molecule has 0 spiro atoms. The average molecular weight is 389 g/mol. The van der Waals surface area contributed by atoms with Crippen LogP contribution >= 0.6 is 0 Å². The minimum Gasteiger partial charge on any atom is -0.497 e. The molecule has 1 aromatic heterocycles. The Morgan fingerprint density at radius 2 is 1.55 bits per heavy atom. The van der Waals surface area contributed by atoms with Crippen LogP contribution in [-0.2, 0) is 6.54 Å². The van der Waals surface area contributed by atoms with E-state index in [1.165, 1.54) is 0 Å². The number of hydrogen-bond donors (Lipinski definition) is 2. The van der Waals surface area contributed by atoms with Crippen LogP contribution in [-0.4, -0.2) is 23.9 Å². The van der Waals surface area contributed by atoms with Crippen LogP contribution in [0.4, 0.5) is 0 Å². The minimum atomic E-state index is -0.341. The quantitative estimate of drug-likeness (QED) is 0.648. The van der Waals surface area contributed by atoms with Crippen molar-refractivity contribution >= 4 is 11.8 Å². The van der Waals surface area contributed by atoms with E-state index in [9.17, 15) is 9.59 Å². The van der Waals surface area contributed by atoms with Gasteiger partial charge in [0.25, 0.3) is 11.8 Å². The molecule has 6 heteroatoms. The van der Waals surface area contributed by atoms with Gasteiger partial charge in [-0.3, -0.25) is 9.59 Å². The summed E-state index contributed by atoms with van der Waals surface area (Å²) >= 11 is 0. The lowest BCUT2D eigenvalue weighted by molar-refractivity contribution is 0.0933. The number of benzene rings is 2. The summed E-state index contributed by atoms with van der Waals surface area (Å²) < 4.78 is 5.12. The lowest BCUT2D eigenvalue weighted by Gasteiger charge is -2.14. The largest absolute Gasteiger partial charge is 0.497 e. The number of nitrogens with one attached hydrogen (secondary N) is 2. The van der Waals surface area contributed by atoms with Crippen molar-refractivity contribution in [2.75, 3.05) is 7.11 Å². The van der Waals surface area contributed by atoms with Gasteiger partial charge in [-0.15, -0.1) is 0 Å². The van der Waals surface area contributed by atoms with E-state index in [-0.39, 0.29) is 29.2 Å². The third-order valence-corrected chi connectivity index (χ3v) is 4.47. The Hall–Kier alpha value is -3.67. The SMILES string of the molecule is COc1ccc(CNC(=O)c2cccc(C(=O)NC(C)c3ccccc3)n2)cc1. The van der Waals surface area contributed by atoms with E-state index in [0.717, 1.165) is 16.9 Å². The molecular formula is C23H23N3O3. The maximum absolute atomic E-state index is 12.5. The van der Waals surface area contributed by atoms with Crippen LogP contribution in [0.2, 0.25) is 0 Å². The number of amides is 2. The van der Waals surface area contributed by atoms with Gasteiger partial charge < -0.3 is 15.4 Å². The molecule has 2 amide bonds. The van der Waals surface area contributed by atoms with Gasteiger partial charge in [0.05, 0.1) is 13.2 Å². The summed E-state index contributed by atoms with van der Waals surface area (Å²) in [6.07, 6.45) is 0. The summed E-state index contributed by atoms with van der Waals surface area (Å²) in [6.45, 7) is 2.25. The van der Waals surface area contributed by atoms with Gasteiger partial charge in [0.1, 0.15) is 17.1 Å². The predicted octanol–water partition coefficient (Wildman–Crippen LogP) is 3.51. The van der Waals surface area contributed by atoms with Gasteiger partial charge in [-0.25, -0.2) is 4.98 Å². The summed E-state index contributed by atoms with van der Waals surface area (Å²) in [5, 5.41) is 5.71. The van der Waals surface area contributed by atoms with Gasteiger partial charge >= 0.3 is 0 Å². The summed E-state index contributed by atoms with van der Waals surface area (Å²) in [5.74, 6) is 0.0860. The zero-order valence-electron chi connectivity index (χ0n) is 16.4. The number of hydrogen-bond acceptors (Lipinski definition) is 4. The molecule has 0 aliphatic heterocycles. The topological polar surface area (TPSA) is 80.3 Å². The number of nitrogens with zero attached hydrogens (tertiary/aromatic N) is 1. The number of aromatic nitrogens is 1. The van der Waals surface area contributed by atoms with E-state index in [1.54, 1.807) is 25.3 Å². The predicted molar refractivity (Wildman–Crippen MR) is 111 cm³/mol. The number of methoxy groups -OCH3 is 1. The number of rotatable bonds is 7. The Kier molecular flexibility index (Phi) is 6.58. The number of carbonyl (C=O) groups is 2. The third-order valence-electron chi connectivity index (χ3n) is 4.47. The lowest BCUT2D eigenvalue weighted by Crippen LogP contribution is -2.29. The highest BCUT2D eigenvalue weighted by atomic mass is 16.5. The molecule has 0 aliphatic rings. The van der Waals surface area contributed by atoms with E-state index >= 15 is 0 Å². The molecule has 1 atom stereocenters. The van der Waals surface area contributed by atoms with E-state index in [4.69, 9.17) is 4.74 Å². The van der Waals surface area contributed by atoms with Crippen molar-refractivity contribution in [3.05, 3.63) is 95.3 Å². The van der Waals surface area contributed by atoms with Crippen LogP contribution in [0.1, 0.15) is 45.1 Å². The molecule has 0 aliphatic carbocycles. The fraction of sp³-hybridized carbons (Fsp3) is 0.174. The Balaban J connectivity index is 1.61. The Bertz CT molecular complexity index is 972. The second-order valence-electron chi connectivity index (χ2n) is 6.54. The molecule has 0 saturated heterocycles. The van der Waals surface area contributed by atoms with Crippen molar-refractivity contribution in [2.45, 2.75) is 19.5 Å². The van der Waals surface area contributed by atoms with Gasteiger partial charge in [0, 0.05) is 6.54 Å². The van der Waals surface area contributed by atoms with Gasteiger partial charge in [-0.1, -0.05) is 48.5 Å². The summed E-state index contributed by atoms with van der Waals surface area (Å²) in [6, 6.07) is 21.7. The monoisotopic (exact) mass is 389 g/mol. The van der Waals surface area contributed by atoms with Crippen LogP contribution in [0.5, 0.6) is 5.75 Å². The van der Waals surface area contributed by atoms with Crippen molar-refractivity contribution < 1.29 is 14.3 Å². The zero-order valence-corrected chi connectivity index (χ0v) is 16.4. The molecule has 0 bridgehead atoms.